The lowest BCUT2D eigenvalue weighted by Crippen LogP contribution is -2.43. The number of nitrogens with zero attached hydrogens (tertiary/aromatic N) is 1. The molecular weight excluding hydrogens is 300 g/mol. The van der Waals surface area contributed by atoms with Crippen molar-refractivity contribution in [2.75, 3.05) is 18.4 Å². The average Bonchev–Trinajstić information content (AvgIpc) is 2.54. The van der Waals surface area contributed by atoms with E-state index in [1.54, 1.807) is 0 Å². The number of aliphatic hydroxyl groups is 1. The third-order valence-electron chi connectivity index (χ3n) is 5.11. The minimum atomic E-state index is -0.288. The molecule has 4 heteroatoms. The number of piperidine rings is 1. The van der Waals surface area contributed by atoms with Crippen LogP contribution in [0, 0.1) is 5.92 Å². The smallest absolute Gasteiger partial charge is 0.321 e. The molecule has 0 aliphatic carbocycles. The van der Waals surface area contributed by atoms with Gasteiger partial charge in [-0.1, -0.05) is 45.9 Å². The zero-order valence-electron chi connectivity index (χ0n) is 15.7. The Morgan fingerprint density at radius 3 is 2.00 bits per heavy atom. The molecule has 0 saturated carbocycles. The van der Waals surface area contributed by atoms with Crippen molar-refractivity contribution < 1.29 is 9.90 Å². The van der Waals surface area contributed by atoms with E-state index in [0.717, 1.165) is 18.5 Å². The first kappa shape index (κ1) is 18.8. The van der Waals surface area contributed by atoms with Crippen molar-refractivity contribution in [3.05, 3.63) is 29.3 Å². The fraction of sp³-hybridized carbons (Fsp3) is 0.650. The summed E-state index contributed by atoms with van der Waals surface area (Å²) in [7, 11) is 0. The SMILES string of the molecule is CC(C)c1cccc(C(C)C)c1NC(=O)N1CCC(C(C)O)CC1. The van der Waals surface area contributed by atoms with Crippen LogP contribution in [-0.2, 0) is 0 Å². The van der Waals surface area contributed by atoms with Crippen molar-refractivity contribution in [2.24, 2.45) is 5.92 Å². The van der Waals surface area contributed by atoms with Gasteiger partial charge in [-0.05, 0) is 48.6 Å². The first-order valence-corrected chi connectivity index (χ1v) is 9.18. The minimum Gasteiger partial charge on any atom is -0.393 e. The molecule has 0 radical (unpaired) electrons. The zero-order chi connectivity index (χ0) is 17.9. The highest BCUT2D eigenvalue weighted by atomic mass is 16.3. The summed E-state index contributed by atoms with van der Waals surface area (Å²) in [4.78, 5) is 14.6. The van der Waals surface area contributed by atoms with Crippen LogP contribution in [0.2, 0.25) is 0 Å². The monoisotopic (exact) mass is 332 g/mol. The van der Waals surface area contributed by atoms with Crippen molar-refractivity contribution >= 4 is 11.7 Å². The Kier molecular flexibility index (Phi) is 6.27. The summed E-state index contributed by atoms with van der Waals surface area (Å²) in [6, 6.07) is 6.26. The lowest BCUT2D eigenvalue weighted by molar-refractivity contribution is 0.0820. The maximum Gasteiger partial charge on any atom is 0.321 e. The summed E-state index contributed by atoms with van der Waals surface area (Å²) in [5.74, 6) is 1.03. The van der Waals surface area contributed by atoms with Gasteiger partial charge in [-0.2, -0.15) is 0 Å². The summed E-state index contributed by atoms with van der Waals surface area (Å²) < 4.78 is 0. The predicted octanol–water partition coefficient (Wildman–Crippen LogP) is 4.56. The lowest BCUT2D eigenvalue weighted by Gasteiger charge is -2.34. The second-order valence-electron chi connectivity index (χ2n) is 7.62. The van der Waals surface area contributed by atoms with Gasteiger partial charge in [0.25, 0.3) is 0 Å². The fourth-order valence-corrected chi connectivity index (χ4v) is 3.47. The van der Waals surface area contributed by atoms with Gasteiger partial charge in [-0.3, -0.25) is 0 Å². The molecule has 2 amide bonds. The number of anilines is 1. The van der Waals surface area contributed by atoms with Gasteiger partial charge in [0, 0.05) is 18.8 Å². The highest BCUT2D eigenvalue weighted by Gasteiger charge is 2.26. The molecule has 2 rings (SSSR count). The third kappa shape index (κ3) is 4.29. The van der Waals surface area contributed by atoms with Gasteiger partial charge < -0.3 is 15.3 Å². The molecule has 1 unspecified atom stereocenters. The summed E-state index contributed by atoms with van der Waals surface area (Å²) >= 11 is 0. The van der Waals surface area contributed by atoms with Gasteiger partial charge in [0.2, 0.25) is 0 Å². The van der Waals surface area contributed by atoms with Crippen molar-refractivity contribution in [1.82, 2.24) is 4.90 Å². The number of hydrogen-bond donors (Lipinski definition) is 2. The molecule has 1 atom stereocenters. The molecule has 1 aromatic rings. The number of carbonyl (C=O) groups excluding carboxylic acids is 1. The van der Waals surface area contributed by atoms with Crippen molar-refractivity contribution in [3.63, 3.8) is 0 Å². The Hall–Kier alpha value is -1.55. The van der Waals surface area contributed by atoms with Gasteiger partial charge in [0.15, 0.2) is 0 Å². The van der Waals surface area contributed by atoms with Gasteiger partial charge >= 0.3 is 6.03 Å². The summed E-state index contributed by atoms with van der Waals surface area (Å²) in [5, 5.41) is 12.9. The maximum atomic E-state index is 12.7. The molecule has 1 heterocycles. The number of carbonyl (C=O) groups is 1. The third-order valence-corrected chi connectivity index (χ3v) is 5.11. The van der Waals surface area contributed by atoms with Gasteiger partial charge in [-0.15, -0.1) is 0 Å². The average molecular weight is 332 g/mol. The van der Waals surface area contributed by atoms with Crippen molar-refractivity contribution in [1.29, 1.82) is 0 Å². The number of rotatable bonds is 4. The molecule has 4 nitrogen and oxygen atoms in total. The van der Waals surface area contributed by atoms with Gasteiger partial charge in [-0.25, -0.2) is 4.79 Å². The van der Waals surface area contributed by atoms with Crippen molar-refractivity contribution in [2.45, 2.75) is 65.4 Å². The van der Waals surface area contributed by atoms with Gasteiger partial charge in [0.1, 0.15) is 0 Å². The summed E-state index contributed by atoms with van der Waals surface area (Å²) in [6.45, 7) is 11.9. The molecule has 1 aromatic carbocycles. The number of hydrogen-bond acceptors (Lipinski definition) is 2. The van der Waals surface area contributed by atoms with Crippen LogP contribution in [0.1, 0.15) is 70.4 Å². The highest BCUT2D eigenvalue weighted by molar-refractivity contribution is 5.91. The maximum absolute atomic E-state index is 12.7. The first-order chi connectivity index (χ1) is 11.3. The number of benzene rings is 1. The molecular formula is C20H32N2O2. The molecule has 24 heavy (non-hydrogen) atoms. The molecule has 1 aliphatic rings. The normalized spacial score (nSPS) is 17.4. The Labute approximate surface area is 146 Å². The number of amides is 2. The Morgan fingerprint density at radius 1 is 1.08 bits per heavy atom. The highest BCUT2D eigenvalue weighted by Crippen LogP contribution is 2.33. The molecule has 1 saturated heterocycles. The number of nitrogens with one attached hydrogen (secondary N) is 1. The molecule has 1 aliphatic heterocycles. The van der Waals surface area contributed by atoms with Crippen LogP contribution in [0.3, 0.4) is 0 Å². The van der Waals surface area contributed by atoms with E-state index in [9.17, 15) is 9.90 Å². The van der Waals surface area contributed by atoms with E-state index < -0.39 is 0 Å². The second-order valence-corrected chi connectivity index (χ2v) is 7.62. The molecule has 2 N–H and O–H groups in total. The summed E-state index contributed by atoms with van der Waals surface area (Å²) in [5.41, 5.74) is 3.35. The van der Waals surface area contributed by atoms with Crippen LogP contribution < -0.4 is 5.32 Å². The quantitative estimate of drug-likeness (QED) is 0.849. The Morgan fingerprint density at radius 2 is 1.58 bits per heavy atom. The van der Waals surface area contributed by atoms with Crippen LogP contribution >= 0.6 is 0 Å². The molecule has 134 valence electrons. The van der Waals surface area contributed by atoms with E-state index in [4.69, 9.17) is 0 Å². The number of para-hydroxylation sites is 1. The second kappa shape index (κ2) is 8.02. The number of aliphatic hydroxyl groups excluding tert-OH is 1. The summed E-state index contributed by atoms with van der Waals surface area (Å²) in [6.07, 6.45) is 1.45. The largest absolute Gasteiger partial charge is 0.393 e. The van der Waals surface area contributed by atoms with E-state index in [0.29, 0.717) is 30.8 Å². The van der Waals surface area contributed by atoms with E-state index in [-0.39, 0.29) is 12.1 Å². The van der Waals surface area contributed by atoms with E-state index in [1.165, 1.54) is 11.1 Å². The standard InChI is InChI=1S/C20H32N2O2/c1-13(2)17-7-6-8-18(14(3)4)19(17)21-20(24)22-11-9-16(10-12-22)15(5)23/h6-8,13-16,23H,9-12H2,1-5H3,(H,21,24). The molecule has 0 bridgehead atoms. The van der Waals surface area contributed by atoms with Crippen LogP contribution in [-0.4, -0.2) is 35.2 Å². The molecule has 0 spiro atoms. The first-order valence-electron chi connectivity index (χ1n) is 9.18. The zero-order valence-corrected chi connectivity index (χ0v) is 15.7. The molecule has 1 fully saturated rings. The lowest BCUT2D eigenvalue weighted by atomic mass is 9.92. The number of urea groups is 1. The number of likely N-dealkylation sites (tertiary alicyclic amines) is 1. The van der Waals surface area contributed by atoms with E-state index in [1.807, 2.05) is 11.8 Å². The fourth-order valence-electron chi connectivity index (χ4n) is 3.47. The topological polar surface area (TPSA) is 52.6 Å². The van der Waals surface area contributed by atoms with Gasteiger partial charge in [0.05, 0.1) is 6.10 Å². The van der Waals surface area contributed by atoms with Crippen LogP contribution in [0.25, 0.3) is 0 Å². The van der Waals surface area contributed by atoms with Crippen LogP contribution in [0.5, 0.6) is 0 Å². The van der Waals surface area contributed by atoms with E-state index >= 15 is 0 Å². The Balaban J connectivity index is 2.14. The van der Waals surface area contributed by atoms with Crippen LogP contribution in [0.4, 0.5) is 10.5 Å². The van der Waals surface area contributed by atoms with Crippen molar-refractivity contribution in [3.8, 4) is 0 Å². The molecule has 0 aromatic heterocycles. The van der Waals surface area contributed by atoms with Crippen LogP contribution in [0.15, 0.2) is 18.2 Å². The Bertz CT molecular complexity index is 533. The van der Waals surface area contributed by atoms with E-state index in [2.05, 4.69) is 51.2 Å². The predicted molar refractivity (Wildman–Crippen MR) is 99.6 cm³/mol. The minimum absolute atomic E-state index is 0.0194.